The third kappa shape index (κ3) is 3.01. The molecule has 0 fully saturated rings. The van der Waals surface area contributed by atoms with Crippen LogP contribution in [-0.2, 0) is 17.8 Å². The van der Waals surface area contributed by atoms with Gasteiger partial charge in [-0.25, -0.2) is 19.6 Å². The van der Waals surface area contributed by atoms with Crippen LogP contribution in [-0.4, -0.2) is 31.7 Å². The van der Waals surface area contributed by atoms with Gasteiger partial charge in [0, 0.05) is 13.1 Å². The van der Waals surface area contributed by atoms with Crippen LogP contribution in [0.4, 0.5) is 5.82 Å². The maximum Gasteiger partial charge on any atom is 0.360 e. The second kappa shape index (κ2) is 7.24. The number of nitrogens with two attached hydrogens (primary N) is 1. The average Bonchev–Trinajstić information content (AvgIpc) is 2.55. The number of esters is 1. The van der Waals surface area contributed by atoms with E-state index >= 15 is 0 Å². The van der Waals surface area contributed by atoms with Crippen LogP contribution in [0.15, 0.2) is 9.59 Å². The van der Waals surface area contributed by atoms with Crippen LogP contribution in [0.25, 0.3) is 11.2 Å². The van der Waals surface area contributed by atoms with E-state index in [1.807, 2.05) is 13.8 Å². The molecule has 0 saturated heterocycles. The zero-order valence-corrected chi connectivity index (χ0v) is 14.0. The molecule has 0 radical (unpaired) electrons. The highest BCUT2D eigenvalue weighted by Gasteiger charge is 2.21. The van der Waals surface area contributed by atoms with Gasteiger partial charge in [0.05, 0.1) is 6.61 Å². The van der Waals surface area contributed by atoms with E-state index in [0.29, 0.717) is 19.4 Å². The van der Waals surface area contributed by atoms with Crippen LogP contribution in [0.3, 0.4) is 0 Å². The smallest absolute Gasteiger partial charge is 0.360 e. The van der Waals surface area contributed by atoms with Crippen molar-refractivity contribution >= 4 is 23.0 Å². The molecule has 2 N–H and O–H groups in total. The number of aryl methyl sites for hydroxylation is 1. The minimum atomic E-state index is -0.751. The van der Waals surface area contributed by atoms with Crippen LogP contribution in [0, 0.1) is 0 Å². The van der Waals surface area contributed by atoms with Crippen molar-refractivity contribution in [3.05, 3.63) is 26.5 Å². The monoisotopic (exact) mass is 335 g/mol. The first-order chi connectivity index (χ1) is 11.5. The maximum absolute atomic E-state index is 12.6. The first kappa shape index (κ1) is 17.6. The molecule has 0 spiro atoms. The number of ether oxygens (including phenoxy) is 1. The van der Waals surface area contributed by atoms with E-state index < -0.39 is 17.2 Å². The van der Waals surface area contributed by atoms with Gasteiger partial charge in [-0.1, -0.05) is 13.8 Å². The van der Waals surface area contributed by atoms with Gasteiger partial charge in [0.15, 0.2) is 22.7 Å². The Bertz CT molecular complexity index is 884. The number of hydrogen-bond donors (Lipinski definition) is 1. The number of nitrogens with zero attached hydrogens (tertiary/aromatic N) is 4. The Morgan fingerprint density at radius 1 is 1.08 bits per heavy atom. The zero-order chi connectivity index (χ0) is 17.9. The molecule has 24 heavy (non-hydrogen) atoms. The molecular formula is C15H21N5O4. The van der Waals surface area contributed by atoms with E-state index in [2.05, 4.69) is 9.97 Å². The van der Waals surface area contributed by atoms with Gasteiger partial charge in [0.25, 0.3) is 5.56 Å². The average molecular weight is 335 g/mol. The molecule has 0 unspecified atom stereocenters. The summed E-state index contributed by atoms with van der Waals surface area (Å²) in [5.41, 5.74) is 4.56. The fourth-order valence-corrected chi connectivity index (χ4v) is 2.42. The van der Waals surface area contributed by atoms with Crippen LogP contribution in [0.5, 0.6) is 0 Å². The summed E-state index contributed by atoms with van der Waals surface area (Å²) in [5.74, 6) is -0.920. The number of rotatable bonds is 6. The molecule has 0 aromatic carbocycles. The van der Waals surface area contributed by atoms with E-state index in [4.69, 9.17) is 10.5 Å². The largest absolute Gasteiger partial charge is 0.461 e. The normalized spacial score (nSPS) is 11.0. The van der Waals surface area contributed by atoms with Gasteiger partial charge in [-0.05, 0) is 19.8 Å². The molecule has 2 heterocycles. The summed E-state index contributed by atoms with van der Waals surface area (Å²) in [6.07, 6.45) is 1.28. The number of anilines is 1. The molecule has 2 aromatic rings. The topological polar surface area (TPSA) is 122 Å². The lowest BCUT2D eigenvalue weighted by molar-refractivity contribution is 0.0521. The molecular weight excluding hydrogens is 314 g/mol. The molecule has 0 atom stereocenters. The van der Waals surface area contributed by atoms with Crippen molar-refractivity contribution in [3.8, 4) is 0 Å². The first-order valence-electron chi connectivity index (χ1n) is 7.94. The molecule has 2 aromatic heterocycles. The highest BCUT2D eigenvalue weighted by Crippen LogP contribution is 2.12. The van der Waals surface area contributed by atoms with Crippen LogP contribution in [0.1, 0.15) is 44.1 Å². The third-order valence-electron chi connectivity index (χ3n) is 3.43. The van der Waals surface area contributed by atoms with Gasteiger partial charge in [0.1, 0.15) is 0 Å². The van der Waals surface area contributed by atoms with Crippen LogP contribution in [0.2, 0.25) is 0 Å². The van der Waals surface area contributed by atoms with Crippen LogP contribution < -0.4 is 17.0 Å². The molecule has 0 saturated carbocycles. The number of carbonyl (C=O) groups excluding carboxylic acids is 1. The predicted molar refractivity (Wildman–Crippen MR) is 89.0 cm³/mol. The third-order valence-corrected chi connectivity index (χ3v) is 3.43. The maximum atomic E-state index is 12.6. The van der Waals surface area contributed by atoms with E-state index in [1.54, 1.807) is 6.92 Å². The number of carbonyl (C=O) groups is 1. The molecule has 0 aliphatic carbocycles. The fourth-order valence-electron chi connectivity index (χ4n) is 2.42. The molecule has 9 nitrogen and oxygen atoms in total. The summed E-state index contributed by atoms with van der Waals surface area (Å²) in [6, 6.07) is 0. The molecule has 0 aliphatic rings. The van der Waals surface area contributed by atoms with Crippen LogP contribution >= 0.6 is 0 Å². The Morgan fingerprint density at radius 2 is 1.71 bits per heavy atom. The van der Waals surface area contributed by atoms with Crippen molar-refractivity contribution in [2.24, 2.45) is 0 Å². The van der Waals surface area contributed by atoms with Gasteiger partial charge in [0.2, 0.25) is 0 Å². The minimum Gasteiger partial charge on any atom is -0.461 e. The van der Waals surface area contributed by atoms with Gasteiger partial charge in [-0.3, -0.25) is 13.9 Å². The van der Waals surface area contributed by atoms with E-state index in [0.717, 1.165) is 4.57 Å². The Balaban J connectivity index is 2.86. The molecule has 0 bridgehead atoms. The van der Waals surface area contributed by atoms with Crippen molar-refractivity contribution in [1.82, 2.24) is 19.1 Å². The summed E-state index contributed by atoms with van der Waals surface area (Å²) < 4.78 is 7.35. The Labute approximate surface area is 138 Å². The van der Waals surface area contributed by atoms with Crippen molar-refractivity contribution in [2.45, 2.75) is 46.7 Å². The number of hydrogen-bond acceptors (Lipinski definition) is 7. The summed E-state index contributed by atoms with van der Waals surface area (Å²) in [6.45, 7) is 6.18. The second-order valence-corrected chi connectivity index (χ2v) is 5.24. The second-order valence-electron chi connectivity index (χ2n) is 5.24. The number of nitrogen functional groups attached to an aromatic ring is 1. The lowest BCUT2D eigenvalue weighted by Crippen LogP contribution is -2.41. The number of aromatic nitrogens is 4. The molecule has 9 heteroatoms. The lowest BCUT2D eigenvalue weighted by Gasteiger charge is -2.13. The Kier molecular flexibility index (Phi) is 5.32. The number of fused-ring (bicyclic) bond motifs is 1. The van der Waals surface area contributed by atoms with Crippen molar-refractivity contribution in [2.75, 3.05) is 12.3 Å². The van der Waals surface area contributed by atoms with Gasteiger partial charge >= 0.3 is 11.7 Å². The van der Waals surface area contributed by atoms with Crippen molar-refractivity contribution < 1.29 is 9.53 Å². The molecule has 0 aliphatic heterocycles. The van der Waals surface area contributed by atoms with Gasteiger partial charge in [-0.15, -0.1) is 0 Å². The standard InChI is InChI=1S/C15H21N5O4/c1-4-7-19-12-10(13(21)20(8-5-2)15(19)23)17-9(11(16)18-12)14(22)24-6-3/h4-8H2,1-3H3,(H2,16,18). The molecule has 2 rings (SSSR count). The first-order valence-corrected chi connectivity index (χ1v) is 7.94. The summed E-state index contributed by atoms with van der Waals surface area (Å²) in [7, 11) is 0. The minimum absolute atomic E-state index is 0.0613. The Morgan fingerprint density at radius 3 is 2.29 bits per heavy atom. The highest BCUT2D eigenvalue weighted by atomic mass is 16.5. The van der Waals surface area contributed by atoms with Gasteiger partial charge < -0.3 is 10.5 Å². The van der Waals surface area contributed by atoms with Crippen molar-refractivity contribution in [1.29, 1.82) is 0 Å². The summed E-state index contributed by atoms with van der Waals surface area (Å²) >= 11 is 0. The predicted octanol–water partition coefficient (Wildman–Crippen LogP) is 0.532. The quantitative estimate of drug-likeness (QED) is 0.764. The van der Waals surface area contributed by atoms with E-state index in [1.165, 1.54) is 4.57 Å². The Hall–Kier alpha value is -2.71. The lowest BCUT2D eigenvalue weighted by atomic mass is 10.3. The van der Waals surface area contributed by atoms with Gasteiger partial charge in [-0.2, -0.15) is 0 Å². The summed E-state index contributed by atoms with van der Waals surface area (Å²) in [5, 5.41) is 0. The van der Waals surface area contributed by atoms with E-state index in [9.17, 15) is 14.4 Å². The van der Waals surface area contributed by atoms with E-state index in [-0.39, 0.29) is 35.8 Å². The molecule has 0 amide bonds. The fraction of sp³-hybridized carbons (Fsp3) is 0.533. The SMILES string of the molecule is CCCn1c(=O)c2nc(C(=O)OCC)c(N)nc2n(CCC)c1=O. The summed E-state index contributed by atoms with van der Waals surface area (Å²) in [4.78, 5) is 45.2. The molecule has 130 valence electrons. The van der Waals surface area contributed by atoms with Crippen molar-refractivity contribution in [3.63, 3.8) is 0 Å². The zero-order valence-electron chi connectivity index (χ0n) is 14.0. The highest BCUT2D eigenvalue weighted by molar-refractivity contribution is 5.94.